The maximum Gasteiger partial charge on any atom is 0.189 e. The van der Waals surface area contributed by atoms with Gasteiger partial charge in [0.2, 0.25) is 0 Å². The fourth-order valence-electron chi connectivity index (χ4n) is 2.46. The van der Waals surface area contributed by atoms with Gasteiger partial charge in [-0.3, -0.25) is 0 Å². The minimum atomic E-state index is -0.671. The Balaban J connectivity index is 1.52. The van der Waals surface area contributed by atoms with Crippen molar-refractivity contribution >= 4 is 0 Å². The largest absolute Gasteiger partial charge is 0.371 e. The molecule has 1 heterocycles. The highest BCUT2D eigenvalue weighted by atomic mass is 16.8. The van der Waals surface area contributed by atoms with Crippen molar-refractivity contribution in [3.63, 3.8) is 0 Å². The lowest BCUT2D eigenvalue weighted by atomic mass is 10.1. The molecule has 2 aromatic rings. The van der Waals surface area contributed by atoms with Crippen LogP contribution in [0.3, 0.4) is 0 Å². The van der Waals surface area contributed by atoms with E-state index in [1.54, 1.807) is 0 Å². The van der Waals surface area contributed by atoms with E-state index in [2.05, 4.69) is 12.1 Å². The molecular weight excluding hydrogens is 264 g/mol. The Kier molecular flexibility index (Phi) is 4.34. The Morgan fingerprint density at radius 1 is 1.05 bits per heavy atom. The van der Waals surface area contributed by atoms with Gasteiger partial charge in [0.1, 0.15) is 12.7 Å². The molecule has 3 heteroatoms. The topological polar surface area (TPSA) is 27.7 Å². The van der Waals surface area contributed by atoms with Crippen molar-refractivity contribution < 1.29 is 14.2 Å². The van der Waals surface area contributed by atoms with Crippen LogP contribution in [0.25, 0.3) is 0 Å². The summed E-state index contributed by atoms with van der Waals surface area (Å²) in [5, 5.41) is 0. The summed E-state index contributed by atoms with van der Waals surface area (Å²) in [6, 6.07) is 20.3. The molecular formula is C18H20O3. The summed E-state index contributed by atoms with van der Waals surface area (Å²) in [5.41, 5.74) is 2.29. The van der Waals surface area contributed by atoms with Gasteiger partial charge in [0.05, 0.1) is 13.2 Å². The number of hydrogen-bond donors (Lipinski definition) is 0. The van der Waals surface area contributed by atoms with Crippen molar-refractivity contribution in [3.05, 3.63) is 71.8 Å². The summed E-state index contributed by atoms with van der Waals surface area (Å²) < 4.78 is 17.6. The van der Waals surface area contributed by atoms with E-state index in [0.717, 1.165) is 11.1 Å². The first kappa shape index (κ1) is 14.3. The predicted molar refractivity (Wildman–Crippen MR) is 80.7 cm³/mol. The molecule has 0 aromatic heterocycles. The van der Waals surface area contributed by atoms with E-state index in [1.165, 1.54) is 0 Å². The zero-order valence-electron chi connectivity index (χ0n) is 12.2. The molecule has 0 spiro atoms. The van der Waals surface area contributed by atoms with Crippen molar-refractivity contribution in [3.8, 4) is 0 Å². The fraction of sp³-hybridized carbons (Fsp3) is 0.333. The van der Waals surface area contributed by atoms with Gasteiger partial charge in [-0.1, -0.05) is 60.7 Å². The molecule has 1 aliphatic heterocycles. The highest BCUT2D eigenvalue weighted by Crippen LogP contribution is 2.33. The smallest absolute Gasteiger partial charge is 0.189 e. The second-order valence-electron chi connectivity index (χ2n) is 5.44. The third-order valence-corrected chi connectivity index (χ3v) is 3.58. The average molecular weight is 284 g/mol. The quantitative estimate of drug-likeness (QED) is 0.837. The second-order valence-corrected chi connectivity index (χ2v) is 5.44. The minimum absolute atomic E-state index is 0.0171. The number of ether oxygens (including phenoxy) is 3. The van der Waals surface area contributed by atoms with E-state index < -0.39 is 5.79 Å². The highest BCUT2D eigenvalue weighted by Gasteiger charge is 2.38. The van der Waals surface area contributed by atoms with Gasteiger partial charge in [-0.2, -0.15) is 0 Å². The summed E-state index contributed by atoms with van der Waals surface area (Å²) in [4.78, 5) is 0. The van der Waals surface area contributed by atoms with Crippen LogP contribution < -0.4 is 0 Å². The normalized spacial score (nSPS) is 25.1. The van der Waals surface area contributed by atoms with Crippen LogP contribution in [0.5, 0.6) is 0 Å². The first-order valence-electron chi connectivity index (χ1n) is 7.24. The molecule has 0 saturated carbocycles. The van der Waals surface area contributed by atoms with Gasteiger partial charge in [-0.25, -0.2) is 0 Å². The molecule has 1 saturated heterocycles. The van der Waals surface area contributed by atoms with Gasteiger partial charge >= 0.3 is 0 Å². The molecule has 3 nitrogen and oxygen atoms in total. The van der Waals surface area contributed by atoms with Gasteiger partial charge in [-0.05, 0) is 18.1 Å². The van der Waals surface area contributed by atoms with Gasteiger partial charge < -0.3 is 14.2 Å². The zero-order chi connectivity index (χ0) is 14.5. The Hall–Kier alpha value is -1.68. The highest BCUT2D eigenvalue weighted by molar-refractivity contribution is 5.18. The summed E-state index contributed by atoms with van der Waals surface area (Å²) in [6.07, 6.45) is -0.0171. The molecule has 1 fully saturated rings. The summed E-state index contributed by atoms with van der Waals surface area (Å²) in [5.74, 6) is -0.671. The van der Waals surface area contributed by atoms with Crippen LogP contribution in [0.15, 0.2) is 60.7 Å². The molecule has 2 aromatic carbocycles. The van der Waals surface area contributed by atoms with Crippen molar-refractivity contribution in [2.24, 2.45) is 0 Å². The maximum atomic E-state index is 6.03. The van der Waals surface area contributed by atoms with E-state index in [0.29, 0.717) is 19.8 Å². The Bertz CT molecular complexity index is 555. The van der Waals surface area contributed by atoms with Crippen molar-refractivity contribution in [2.45, 2.75) is 25.4 Å². The van der Waals surface area contributed by atoms with Crippen molar-refractivity contribution in [1.82, 2.24) is 0 Å². The molecule has 1 aliphatic rings. The molecule has 0 radical (unpaired) electrons. The van der Waals surface area contributed by atoms with Crippen molar-refractivity contribution in [1.29, 1.82) is 0 Å². The summed E-state index contributed by atoms with van der Waals surface area (Å²) >= 11 is 0. The number of benzene rings is 2. The number of rotatable bonds is 5. The molecule has 0 amide bonds. The lowest BCUT2D eigenvalue weighted by molar-refractivity contribution is -0.192. The molecule has 3 rings (SSSR count). The molecule has 110 valence electrons. The van der Waals surface area contributed by atoms with Gasteiger partial charge in [-0.15, -0.1) is 0 Å². The molecule has 21 heavy (non-hydrogen) atoms. The Morgan fingerprint density at radius 2 is 1.71 bits per heavy atom. The Labute approximate surface area is 125 Å². The average Bonchev–Trinajstić information content (AvgIpc) is 2.92. The first-order chi connectivity index (χ1) is 10.3. The third-order valence-electron chi connectivity index (χ3n) is 3.58. The van der Waals surface area contributed by atoms with E-state index in [1.807, 2.05) is 55.5 Å². The molecule has 0 aliphatic carbocycles. The van der Waals surface area contributed by atoms with Crippen LogP contribution >= 0.6 is 0 Å². The van der Waals surface area contributed by atoms with Crippen LogP contribution in [0.4, 0.5) is 0 Å². The van der Waals surface area contributed by atoms with Gasteiger partial charge in [0.25, 0.3) is 0 Å². The van der Waals surface area contributed by atoms with Crippen LogP contribution in [0.1, 0.15) is 24.2 Å². The van der Waals surface area contributed by atoms with E-state index >= 15 is 0 Å². The monoisotopic (exact) mass is 284 g/mol. The zero-order valence-corrected chi connectivity index (χ0v) is 12.2. The lowest BCUT2D eigenvalue weighted by Gasteiger charge is -2.23. The van der Waals surface area contributed by atoms with Crippen LogP contribution in [-0.4, -0.2) is 19.0 Å². The van der Waals surface area contributed by atoms with Gasteiger partial charge in [0.15, 0.2) is 5.79 Å². The molecule has 0 bridgehead atoms. The second kappa shape index (κ2) is 6.39. The predicted octanol–water partition coefficient (Wildman–Crippen LogP) is 3.71. The standard InChI is InChI=1S/C18H20O3/c1-18(14-19-12-15-8-4-2-5-9-15)20-13-17(21-18)16-10-6-3-7-11-16/h2-11,17H,12-14H2,1H3. The molecule has 0 N–H and O–H groups in total. The van der Waals surface area contributed by atoms with Crippen LogP contribution in [-0.2, 0) is 20.8 Å². The maximum absolute atomic E-state index is 6.03. The van der Waals surface area contributed by atoms with E-state index in [4.69, 9.17) is 14.2 Å². The third kappa shape index (κ3) is 3.70. The van der Waals surface area contributed by atoms with Crippen LogP contribution in [0, 0.1) is 0 Å². The minimum Gasteiger partial charge on any atom is -0.371 e. The summed E-state index contributed by atoms with van der Waals surface area (Å²) in [6.45, 7) is 3.49. The van der Waals surface area contributed by atoms with Gasteiger partial charge in [0, 0.05) is 0 Å². The SMILES string of the molecule is CC1(COCc2ccccc2)OCC(c2ccccc2)O1. The first-order valence-corrected chi connectivity index (χ1v) is 7.24. The Morgan fingerprint density at radius 3 is 2.43 bits per heavy atom. The molecule has 2 unspecified atom stereocenters. The van der Waals surface area contributed by atoms with E-state index in [-0.39, 0.29) is 6.10 Å². The lowest BCUT2D eigenvalue weighted by Crippen LogP contribution is -2.32. The van der Waals surface area contributed by atoms with Crippen molar-refractivity contribution in [2.75, 3.05) is 13.2 Å². The van der Waals surface area contributed by atoms with E-state index in [9.17, 15) is 0 Å². The van der Waals surface area contributed by atoms with Crippen LogP contribution in [0.2, 0.25) is 0 Å². The fourth-order valence-corrected chi connectivity index (χ4v) is 2.46. The number of hydrogen-bond acceptors (Lipinski definition) is 3. The summed E-state index contributed by atoms with van der Waals surface area (Å²) in [7, 11) is 0. The molecule has 2 atom stereocenters.